The van der Waals surface area contributed by atoms with Crippen LogP contribution in [-0.4, -0.2) is 66.8 Å². The summed E-state index contributed by atoms with van der Waals surface area (Å²) in [6.45, 7) is 7.40. The predicted molar refractivity (Wildman–Crippen MR) is 165 cm³/mol. The number of amides is 2. The van der Waals surface area contributed by atoms with Gasteiger partial charge in [0.25, 0.3) is 0 Å². The molecule has 2 saturated heterocycles. The molecule has 4 atom stereocenters. The molecule has 0 radical (unpaired) electrons. The Morgan fingerprint density at radius 3 is 2.49 bits per heavy atom. The summed E-state index contributed by atoms with van der Waals surface area (Å²) >= 11 is 0. The van der Waals surface area contributed by atoms with Gasteiger partial charge < -0.3 is 24.4 Å². The number of aliphatic hydroxyl groups excluding tert-OH is 1. The molecular formula is C33H48N2O5Si. The molecule has 2 N–H and O–H groups in total. The fraction of sp³-hybridized carbons (Fsp3) is 0.576. The fourth-order valence-electron chi connectivity index (χ4n) is 6.75. The summed E-state index contributed by atoms with van der Waals surface area (Å²) in [7, 11) is -2.63. The van der Waals surface area contributed by atoms with Crippen LogP contribution in [-0.2, 0) is 27.3 Å². The maximum Gasteiger partial charge on any atom is 0.226 e. The van der Waals surface area contributed by atoms with Crippen LogP contribution in [0.4, 0.5) is 5.69 Å². The first-order valence-electron chi connectivity index (χ1n) is 15.4. The van der Waals surface area contributed by atoms with Crippen LogP contribution in [0, 0.1) is 5.92 Å². The number of carbonyl (C=O) groups excluding carboxylic acids is 2. The minimum Gasteiger partial charge on any atom is -0.432 e. The van der Waals surface area contributed by atoms with Crippen molar-refractivity contribution in [3.8, 4) is 0 Å². The number of anilines is 1. The third kappa shape index (κ3) is 8.50. The van der Waals surface area contributed by atoms with Crippen LogP contribution in [0.3, 0.4) is 0 Å². The highest BCUT2D eigenvalue weighted by Crippen LogP contribution is 2.45. The molecule has 2 aliphatic rings. The van der Waals surface area contributed by atoms with E-state index < -0.39 is 8.32 Å². The molecule has 0 bridgehead atoms. The molecule has 2 aromatic carbocycles. The van der Waals surface area contributed by atoms with Crippen molar-refractivity contribution in [2.45, 2.75) is 95.7 Å². The lowest BCUT2D eigenvalue weighted by Crippen LogP contribution is -2.42. The van der Waals surface area contributed by atoms with E-state index in [0.717, 1.165) is 49.9 Å². The number of aryl methyl sites for hydroxylation is 1. The van der Waals surface area contributed by atoms with Crippen LogP contribution < -0.4 is 4.90 Å². The van der Waals surface area contributed by atoms with Gasteiger partial charge in [-0.15, -0.1) is 0 Å². The lowest BCUT2D eigenvalue weighted by Gasteiger charge is -2.31. The molecule has 2 amide bonds. The zero-order valence-electron chi connectivity index (χ0n) is 25.0. The van der Waals surface area contributed by atoms with E-state index in [1.807, 2.05) is 60.5 Å². The molecule has 2 aromatic rings. The highest BCUT2D eigenvalue weighted by Gasteiger charge is 2.50. The molecule has 2 heterocycles. The summed E-state index contributed by atoms with van der Waals surface area (Å²) in [5.74, 6) is 0.274. The molecule has 2 fully saturated rings. The van der Waals surface area contributed by atoms with E-state index in [0.29, 0.717) is 13.0 Å². The zero-order chi connectivity index (χ0) is 29.4. The van der Waals surface area contributed by atoms with E-state index in [4.69, 9.17) is 4.74 Å². The Labute approximate surface area is 246 Å². The molecule has 0 unspecified atom stereocenters. The van der Waals surface area contributed by atoms with Crippen LogP contribution in [0.1, 0.15) is 63.0 Å². The minimum absolute atomic E-state index is 0.0605. The lowest BCUT2D eigenvalue weighted by atomic mass is 9.95. The van der Waals surface area contributed by atoms with Gasteiger partial charge >= 0.3 is 0 Å². The number of hydrogen-bond donors (Lipinski definition) is 2. The van der Waals surface area contributed by atoms with Gasteiger partial charge in [0.1, 0.15) is 0 Å². The predicted octanol–water partition coefficient (Wildman–Crippen LogP) is 5.30. The first-order chi connectivity index (χ1) is 19.7. The highest BCUT2D eigenvalue weighted by molar-refractivity contribution is 6.71. The van der Waals surface area contributed by atoms with Gasteiger partial charge in [0, 0.05) is 37.3 Å². The Balaban J connectivity index is 1.42. The fourth-order valence-corrected chi connectivity index (χ4v) is 9.35. The molecule has 0 spiro atoms. The van der Waals surface area contributed by atoms with Gasteiger partial charge in [0.05, 0.1) is 25.2 Å². The molecule has 0 aromatic heterocycles. The Morgan fingerprint density at radius 2 is 1.76 bits per heavy atom. The highest BCUT2D eigenvalue weighted by atomic mass is 28.4. The normalized spacial score (nSPS) is 23.7. The maximum absolute atomic E-state index is 13.5. The smallest absolute Gasteiger partial charge is 0.226 e. The van der Waals surface area contributed by atoms with Crippen molar-refractivity contribution >= 4 is 25.8 Å². The summed E-state index contributed by atoms with van der Waals surface area (Å²) in [6, 6.07) is 18.1. The van der Waals surface area contributed by atoms with Gasteiger partial charge in [-0.2, -0.15) is 0 Å². The Bertz CT molecular complexity index is 1140. The molecule has 8 heteroatoms. The molecule has 0 aliphatic carbocycles. The topological polar surface area (TPSA) is 90.3 Å². The number of carbonyl (C=O) groups is 2. The van der Waals surface area contributed by atoms with E-state index in [1.54, 1.807) is 4.90 Å². The number of ether oxygens (including phenoxy) is 1. The summed E-state index contributed by atoms with van der Waals surface area (Å²) in [6.07, 6.45) is 6.28. The SMILES string of the molecule is C[C@@H]1[C@@H]([Si](C)(C)O)[C@H](CC(=O)N(CCO)Cc2ccccc2)O[C@@H]1CCc1cccc(N2CCCCCCC2=O)c1. The standard InChI is InChI=1S/C33H48N2O5Si/c1-25-29(18-17-26-14-11-15-28(22-26)35-19-10-5-4-9-16-31(35)37)40-30(33(25)41(2,3)39)23-32(38)34(20-21-36)24-27-12-7-6-8-13-27/h6-8,11-15,22,25,29-30,33,36,39H,4-5,9-10,16-21,23-24H2,1-3H3/t25-,29+,30-,33+/m0/s1. The van der Waals surface area contributed by atoms with Crippen LogP contribution in [0.25, 0.3) is 0 Å². The molecule has 41 heavy (non-hydrogen) atoms. The van der Waals surface area contributed by atoms with Gasteiger partial charge in [-0.1, -0.05) is 62.2 Å². The number of benzene rings is 2. The van der Waals surface area contributed by atoms with E-state index in [9.17, 15) is 19.5 Å². The van der Waals surface area contributed by atoms with Gasteiger partial charge in [-0.25, -0.2) is 0 Å². The van der Waals surface area contributed by atoms with E-state index in [1.165, 1.54) is 12.0 Å². The van der Waals surface area contributed by atoms with Gasteiger partial charge in [0.15, 0.2) is 8.32 Å². The molecule has 2 aliphatic heterocycles. The van der Waals surface area contributed by atoms with Crippen LogP contribution in [0.2, 0.25) is 18.6 Å². The summed E-state index contributed by atoms with van der Waals surface area (Å²) < 4.78 is 6.58. The second-order valence-corrected chi connectivity index (χ2v) is 16.4. The Hall–Kier alpha value is -2.52. The lowest BCUT2D eigenvalue weighted by molar-refractivity contribution is -0.135. The molecule has 4 rings (SSSR count). The Kier molecular flexibility index (Phi) is 11.2. The first-order valence-corrected chi connectivity index (χ1v) is 18.4. The van der Waals surface area contributed by atoms with Crippen LogP contribution in [0.15, 0.2) is 54.6 Å². The summed E-state index contributed by atoms with van der Waals surface area (Å²) in [4.78, 5) is 41.1. The first kappa shape index (κ1) is 31.4. The molecular weight excluding hydrogens is 532 g/mol. The van der Waals surface area contributed by atoms with Crippen molar-refractivity contribution in [2.24, 2.45) is 5.92 Å². The summed E-state index contributed by atoms with van der Waals surface area (Å²) in [5, 5.41) is 9.63. The van der Waals surface area contributed by atoms with Crippen molar-refractivity contribution in [3.05, 3.63) is 65.7 Å². The van der Waals surface area contributed by atoms with Crippen molar-refractivity contribution < 1.29 is 24.2 Å². The van der Waals surface area contributed by atoms with E-state index >= 15 is 0 Å². The van der Waals surface area contributed by atoms with Crippen molar-refractivity contribution in [1.29, 1.82) is 0 Å². The number of hydrogen-bond acceptors (Lipinski definition) is 5. The monoisotopic (exact) mass is 580 g/mol. The van der Waals surface area contributed by atoms with E-state index in [-0.39, 0.29) is 55.1 Å². The molecule has 0 saturated carbocycles. The van der Waals surface area contributed by atoms with Crippen LogP contribution >= 0.6 is 0 Å². The van der Waals surface area contributed by atoms with Crippen LogP contribution in [0.5, 0.6) is 0 Å². The average Bonchev–Trinajstić information content (AvgIpc) is 3.25. The van der Waals surface area contributed by atoms with Gasteiger partial charge in [-0.3, -0.25) is 9.59 Å². The largest absolute Gasteiger partial charge is 0.432 e. The third-order valence-corrected chi connectivity index (χ3v) is 11.3. The van der Waals surface area contributed by atoms with E-state index in [2.05, 4.69) is 19.1 Å². The number of aliphatic hydroxyl groups is 1. The molecule has 7 nitrogen and oxygen atoms in total. The summed E-state index contributed by atoms with van der Waals surface area (Å²) in [5.41, 5.74) is 3.10. The average molecular weight is 581 g/mol. The Morgan fingerprint density at radius 1 is 1.02 bits per heavy atom. The van der Waals surface area contributed by atoms with Crippen molar-refractivity contribution in [3.63, 3.8) is 0 Å². The number of nitrogens with zero attached hydrogens (tertiary/aromatic N) is 2. The van der Waals surface area contributed by atoms with Crippen molar-refractivity contribution in [1.82, 2.24) is 4.90 Å². The number of rotatable bonds is 11. The second kappa shape index (κ2) is 14.6. The second-order valence-electron chi connectivity index (χ2n) is 12.4. The third-order valence-electron chi connectivity index (χ3n) is 8.80. The maximum atomic E-state index is 13.5. The quantitative estimate of drug-likeness (QED) is 0.352. The minimum atomic E-state index is -2.63. The molecule has 224 valence electrons. The zero-order valence-corrected chi connectivity index (χ0v) is 26.0. The van der Waals surface area contributed by atoms with Gasteiger partial charge in [-0.05, 0) is 68.0 Å². The van der Waals surface area contributed by atoms with Gasteiger partial charge in [0.2, 0.25) is 11.8 Å². The van der Waals surface area contributed by atoms with Crippen molar-refractivity contribution in [2.75, 3.05) is 24.6 Å².